The fraction of sp³-hybridized carbons (Fsp3) is 0.357. The molecule has 2 heterocycles. The van der Waals surface area contributed by atoms with Gasteiger partial charge in [0.1, 0.15) is 12.7 Å². The highest BCUT2D eigenvalue weighted by Gasteiger charge is 2.30. The van der Waals surface area contributed by atoms with Crippen molar-refractivity contribution in [1.82, 2.24) is 19.1 Å². The van der Waals surface area contributed by atoms with Gasteiger partial charge in [0.25, 0.3) is 0 Å². The minimum atomic E-state index is -3.69. The minimum absolute atomic E-state index is 0.0107. The molecule has 1 aliphatic rings. The van der Waals surface area contributed by atoms with Gasteiger partial charge in [-0.15, -0.1) is 0 Å². The van der Waals surface area contributed by atoms with E-state index in [-0.39, 0.29) is 16.5 Å². The molecule has 1 saturated heterocycles. The normalized spacial score (nSPS) is 17.2. The number of aromatic nitrogens is 3. The molecule has 0 amide bonds. The van der Waals surface area contributed by atoms with Crippen molar-refractivity contribution in [2.45, 2.75) is 23.8 Å². The highest BCUT2D eigenvalue weighted by Crippen LogP contribution is 2.26. The van der Waals surface area contributed by atoms with E-state index in [9.17, 15) is 13.2 Å². The second kappa shape index (κ2) is 6.09. The fourth-order valence-electron chi connectivity index (χ4n) is 2.69. The Kier molecular flexibility index (Phi) is 4.14. The van der Waals surface area contributed by atoms with Crippen LogP contribution >= 0.6 is 0 Å². The van der Waals surface area contributed by atoms with Crippen LogP contribution < -0.4 is 0 Å². The first-order chi connectivity index (χ1) is 11.0. The number of nitrogens with zero attached hydrogens (tertiary/aromatic N) is 4. The van der Waals surface area contributed by atoms with E-state index < -0.39 is 16.0 Å². The quantitative estimate of drug-likeness (QED) is 0.893. The molecule has 3 rings (SSSR count). The molecular weight excluding hydrogens is 320 g/mol. The van der Waals surface area contributed by atoms with E-state index in [0.717, 1.165) is 0 Å². The largest absolute Gasteiger partial charge is 0.478 e. The summed E-state index contributed by atoms with van der Waals surface area (Å²) < 4.78 is 28.4. The number of hydrogen-bond donors (Lipinski definition) is 1. The van der Waals surface area contributed by atoms with E-state index in [1.165, 1.54) is 34.9 Å². The first-order valence-corrected chi connectivity index (χ1v) is 8.60. The lowest BCUT2D eigenvalue weighted by Gasteiger charge is -2.31. The first kappa shape index (κ1) is 15.6. The molecule has 9 heteroatoms. The third-order valence-electron chi connectivity index (χ3n) is 3.95. The molecule has 1 aromatic heterocycles. The summed E-state index contributed by atoms with van der Waals surface area (Å²) in [4.78, 5) is 14.9. The van der Waals surface area contributed by atoms with Gasteiger partial charge in [0.05, 0.1) is 16.5 Å². The van der Waals surface area contributed by atoms with Gasteiger partial charge in [-0.2, -0.15) is 9.40 Å². The van der Waals surface area contributed by atoms with Crippen molar-refractivity contribution >= 4 is 16.0 Å². The first-order valence-electron chi connectivity index (χ1n) is 7.16. The lowest BCUT2D eigenvalue weighted by molar-refractivity contribution is 0.0696. The molecule has 0 aliphatic carbocycles. The Morgan fingerprint density at radius 1 is 1.26 bits per heavy atom. The standard InChI is InChI=1S/C14H16N4O4S/c19-14(20)11-2-1-3-13(8-11)23(21,22)17-6-4-12(5-7-17)18-10-15-9-16-18/h1-3,8-10,12H,4-7H2,(H,19,20). The van der Waals surface area contributed by atoms with Crippen LogP contribution in [0.4, 0.5) is 0 Å². The van der Waals surface area contributed by atoms with Crippen molar-refractivity contribution in [2.24, 2.45) is 0 Å². The second-order valence-corrected chi connectivity index (χ2v) is 7.28. The molecule has 122 valence electrons. The fourth-order valence-corrected chi connectivity index (χ4v) is 4.21. The molecule has 0 atom stereocenters. The van der Waals surface area contributed by atoms with Crippen LogP contribution in [0, 0.1) is 0 Å². The molecule has 23 heavy (non-hydrogen) atoms. The maximum atomic E-state index is 12.7. The SMILES string of the molecule is O=C(O)c1cccc(S(=O)(=O)N2CCC(n3cncn3)CC2)c1. The molecule has 1 N–H and O–H groups in total. The van der Waals surface area contributed by atoms with Gasteiger partial charge < -0.3 is 5.11 Å². The zero-order valence-electron chi connectivity index (χ0n) is 12.2. The number of carboxylic acids is 1. The summed E-state index contributed by atoms with van der Waals surface area (Å²) >= 11 is 0. The number of sulfonamides is 1. The number of piperidine rings is 1. The van der Waals surface area contributed by atoms with Crippen molar-refractivity contribution in [3.63, 3.8) is 0 Å². The van der Waals surface area contributed by atoms with Crippen LogP contribution in [0.15, 0.2) is 41.8 Å². The van der Waals surface area contributed by atoms with Crippen LogP contribution in [0.1, 0.15) is 29.2 Å². The van der Waals surface area contributed by atoms with Gasteiger partial charge in [-0.05, 0) is 31.0 Å². The number of carbonyl (C=O) groups is 1. The average molecular weight is 336 g/mol. The van der Waals surface area contributed by atoms with Crippen LogP contribution in [0.5, 0.6) is 0 Å². The molecular formula is C14H16N4O4S. The molecule has 0 spiro atoms. The molecule has 1 aliphatic heterocycles. The van der Waals surface area contributed by atoms with E-state index in [4.69, 9.17) is 5.11 Å². The zero-order chi connectivity index (χ0) is 16.4. The van der Waals surface area contributed by atoms with Crippen molar-refractivity contribution in [3.8, 4) is 0 Å². The maximum absolute atomic E-state index is 12.7. The number of benzene rings is 1. The van der Waals surface area contributed by atoms with Gasteiger partial charge >= 0.3 is 5.97 Å². The van der Waals surface area contributed by atoms with Crippen molar-refractivity contribution < 1.29 is 18.3 Å². The molecule has 0 saturated carbocycles. The molecule has 8 nitrogen and oxygen atoms in total. The average Bonchev–Trinajstić information content (AvgIpc) is 3.09. The van der Waals surface area contributed by atoms with Gasteiger partial charge in [-0.3, -0.25) is 0 Å². The topological polar surface area (TPSA) is 105 Å². The molecule has 2 aromatic rings. The predicted octanol–water partition coefficient (Wildman–Crippen LogP) is 1.00. The summed E-state index contributed by atoms with van der Waals surface area (Å²) in [5.74, 6) is -1.15. The van der Waals surface area contributed by atoms with E-state index in [2.05, 4.69) is 10.1 Å². The number of rotatable bonds is 4. The second-order valence-electron chi connectivity index (χ2n) is 5.34. The molecule has 0 unspecified atom stereocenters. The molecule has 1 fully saturated rings. The van der Waals surface area contributed by atoms with E-state index >= 15 is 0 Å². The summed E-state index contributed by atoms with van der Waals surface area (Å²) in [6.45, 7) is 0.730. The highest BCUT2D eigenvalue weighted by molar-refractivity contribution is 7.89. The highest BCUT2D eigenvalue weighted by atomic mass is 32.2. The van der Waals surface area contributed by atoms with Crippen LogP contribution in [-0.4, -0.2) is 51.7 Å². The number of carboxylic acid groups (broad SMARTS) is 1. The van der Waals surface area contributed by atoms with Gasteiger partial charge in [0.15, 0.2) is 0 Å². The lowest BCUT2D eigenvalue weighted by Crippen LogP contribution is -2.39. The summed E-state index contributed by atoms with van der Waals surface area (Å²) in [6.07, 6.45) is 4.37. The maximum Gasteiger partial charge on any atom is 0.335 e. The Labute approximate surface area is 133 Å². The number of hydrogen-bond acceptors (Lipinski definition) is 5. The van der Waals surface area contributed by atoms with Crippen molar-refractivity contribution in [1.29, 1.82) is 0 Å². The van der Waals surface area contributed by atoms with Crippen molar-refractivity contribution in [3.05, 3.63) is 42.5 Å². The van der Waals surface area contributed by atoms with E-state index in [1.807, 2.05) is 0 Å². The summed E-state index contributed by atoms with van der Waals surface area (Å²) in [7, 11) is -3.69. The third-order valence-corrected chi connectivity index (χ3v) is 5.85. The Morgan fingerprint density at radius 3 is 2.61 bits per heavy atom. The minimum Gasteiger partial charge on any atom is -0.478 e. The Hall–Kier alpha value is -2.26. The van der Waals surface area contributed by atoms with Gasteiger partial charge in [-0.25, -0.2) is 22.9 Å². The Balaban J connectivity index is 1.76. The van der Waals surface area contributed by atoms with Gasteiger partial charge in [0.2, 0.25) is 10.0 Å². The third kappa shape index (κ3) is 3.10. The van der Waals surface area contributed by atoms with Crippen LogP contribution in [0.2, 0.25) is 0 Å². The van der Waals surface area contributed by atoms with Gasteiger partial charge in [0, 0.05) is 13.1 Å². The number of aromatic carboxylic acids is 1. The lowest BCUT2D eigenvalue weighted by atomic mass is 10.1. The van der Waals surface area contributed by atoms with E-state index in [1.54, 1.807) is 11.0 Å². The van der Waals surface area contributed by atoms with Crippen LogP contribution in [0.25, 0.3) is 0 Å². The zero-order valence-corrected chi connectivity index (χ0v) is 13.1. The summed E-state index contributed by atoms with van der Waals surface area (Å²) in [5, 5.41) is 13.1. The molecule has 1 aromatic carbocycles. The summed E-state index contributed by atoms with van der Waals surface area (Å²) in [5.41, 5.74) is -0.0384. The monoisotopic (exact) mass is 336 g/mol. The predicted molar refractivity (Wildman–Crippen MR) is 80.5 cm³/mol. The summed E-state index contributed by atoms with van der Waals surface area (Å²) in [6, 6.07) is 5.57. The van der Waals surface area contributed by atoms with Crippen LogP contribution in [-0.2, 0) is 10.0 Å². The van der Waals surface area contributed by atoms with Crippen LogP contribution in [0.3, 0.4) is 0 Å². The smallest absolute Gasteiger partial charge is 0.335 e. The Bertz CT molecular complexity index is 796. The molecule has 0 bridgehead atoms. The van der Waals surface area contributed by atoms with E-state index in [0.29, 0.717) is 25.9 Å². The van der Waals surface area contributed by atoms with Crippen molar-refractivity contribution in [2.75, 3.05) is 13.1 Å². The van der Waals surface area contributed by atoms with Gasteiger partial charge in [-0.1, -0.05) is 6.07 Å². The molecule has 0 radical (unpaired) electrons. The Morgan fingerprint density at radius 2 is 2.00 bits per heavy atom.